The Morgan fingerprint density at radius 3 is 2.44 bits per heavy atom. The third-order valence-corrected chi connectivity index (χ3v) is 3.39. The van der Waals surface area contributed by atoms with Gasteiger partial charge in [0.25, 0.3) is 5.69 Å². The van der Waals surface area contributed by atoms with Gasteiger partial charge in [-0.2, -0.15) is 0 Å². The van der Waals surface area contributed by atoms with Crippen LogP contribution in [0, 0.1) is 10.1 Å². The summed E-state index contributed by atoms with van der Waals surface area (Å²) in [7, 11) is 0. The maximum atomic E-state index is 11.6. The number of imide groups is 1. The minimum absolute atomic E-state index is 0.0321. The summed E-state index contributed by atoms with van der Waals surface area (Å²) in [5.74, 6) is -2.51. The monoisotopic (exact) mass is 288 g/mol. The lowest BCUT2D eigenvalue weighted by Crippen LogP contribution is -2.22. The number of carbonyl (C=O) groups excluding carboxylic acids is 2. The number of amides is 2. The number of carbonyl (C=O) groups is 2. The summed E-state index contributed by atoms with van der Waals surface area (Å²) in [5.41, 5.74) is -0.365. The van der Waals surface area contributed by atoms with Gasteiger partial charge in [-0.05, 0) is 6.07 Å². The van der Waals surface area contributed by atoms with E-state index in [1.807, 2.05) is 5.32 Å². The van der Waals surface area contributed by atoms with E-state index in [0.717, 1.165) is 0 Å². The van der Waals surface area contributed by atoms with Crippen LogP contribution in [0.3, 0.4) is 0 Å². The predicted octanol–water partition coefficient (Wildman–Crippen LogP) is 1.60. The summed E-state index contributed by atoms with van der Waals surface area (Å²) in [6, 6.07) is 4.01. The van der Waals surface area contributed by atoms with Crippen molar-refractivity contribution in [2.24, 2.45) is 0 Å². The van der Waals surface area contributed by atoms with Gasteiger partial charge in [0.2, 0.25) is 11.8 Å². The fourth-order valence-corrected chi connectivity index (χ4v) is 2.40. The zero-order valence-corrected chi connectivity index (χ0v) is 10.2. The van der Waals surface area contributed by atoms with Crippen molar-refractivity contribution < 1.29 is 14.5 Å². The van der Waals surface area contributed by atoms with Crippen molar-refractivity contribution in [3.63, 3.8) is 0 Å². The summed E-state index contributed by atoms with van der Waals surface area (Å²) in [5, 5.41) is 11.8. The molecule has 2 atom stereocenters. The van der Waals surface area contributed by atoms with E-state index < -0.39 is 28.0 Å². The van der Waals surface area contributed by atoms with Crippen LogP contribution in [0.5, 0.6) is 0 Å². The number of nitrogens with one attached hydrogen (secondary N) is 1. The largest absolute Gasteiger partial charge is 0.295 e. The van der Waals surface area contributed by atoms with Gasteiger partial charge in [-0.25, -0.2) is 0 Å². The standard InChI is InChI=1S/C10H6Cl2N2O4/c11-4-2-1-3-5(14(17)18)6(4)7-8(12)10(16)13-9(7)15/h1-3,7-8H,(H,13,15,16). The average molecular weight is 289 g/mol. The predicted molar refractivity (Wildman–Crippen MR) is 63.6 cm³/mol. The molecule has 94 valence electrons. The van der Waals surface area contributed by atoms with Crippen molar-refractivity contribution in [3.05, 3.63) is 38.9 Å². The van der Waals surface area contributed by atoms with Gasteiger partial charge in [0.05, 0.1) is 21.4 Å². The second-order valence-electron chi connectivity index (χ2n) is 3.66. The van der Waals surface area contributed by atoms with Gasteiger partial charge in [-0.15, -0.1) is 11.6 Å². The molecule has 2 rings (SSSR count). The first-order chi connectivity index (χ1) is 8.43. The van der Waals surface area contributed by atoms with Gasteiger partial charge in [0.15, 0.2) is 0 Å². The Hall–Kier alpha value is -1.66. The van der Waals surface area contributed by atoms with Gasteiger partial charge in [-0.3, -0.25) is 25.0 Å². The Labute approximate surface area is 111 Å². The lowest BCUT2D eigenvalue weighted by molar-refractivity contribution is -0.385. The third kappa shape index (κ3) is 1.93. The van der Waals surface area contributed by atoms with Gasteiger partial charge in [-0.1, -0.05) is 17.7 Å². The molecule has 6 nitrogen and oxygen atoms in total. The lowest BCUT2D eigenvalue weighted by Gasteiger charge is -2.11. The lowest BCUT2D eigenvalue weighted by atomic mass is 9.95. The summed E-state index contributed by atoms with van der Waals surface area (Å²) < 4.78 is 0. The topological polar surface area (TPSA) is 89.3 Å². The van der Waals surface area contributed by atoms with Crippen molar-refractivity contribution >= 4 is 40.7 Å². The van der Waals surface area contributed by atoms with Crippen LogP contribution >= 0.6 is 23.2 Å². The Morgan fingerprint density at radius 2 is 1.94 bits per heavy atom. The number of alkyl halides is 1. The molecule has 1 aliphatic rings. The Bertz CT molecular complexity index is 561. The second-order valence-corrected chi connectivity index (χ2v) is 4.54. The van der Waals surface area contributed by atoms with E-state index in [1.54, 1.807) is 0 Å². The maximum Gasteiger partial charge on any atom is 0.274 e. The third-order valence-electron chi connectivity index (χ3n) is 2.61. The highest BCUT2D eigenvalue weighted by atomic mass is 35.5. The number of benzene rings is 1. The van der Waals surface area contributed by atoms with Gasteiger partial charge < -0.3 is 0 Å². The van der Waals surface area contributed by atoms with Crippen molar-refractivity contribution in [1.82, 2.24) is 5.32 Å². The number of nitro benzene ring substituents is 1. The molecule has 0 aliphatic carbocycles. The van der Waals surface area contributed by atoms with Crippen LogP contribution in [0.1, 0.15) is 11.5 Å². The maximum absolute atomic E-state index is 11.6. The Balaban J connectivity index is 2.61. The highest BCUT2D eigenvalue weighted by Crippen LogP contribution is 2.38. The average Bonchev–Trinajstić information content (AvgIpc) is 2.54. The van der Waals surface area contributed by atoms with Crippen LogP contribution in [0.25, 0.3) is 0 Å². The molecule has 1 N–H and O–H groups in total. The minimum Gasteiger partial charge on any atom is -0.295 e. The summed E-state index contributed by atoms with van der Waals surface area (Å²) in [6.45, 7) is 0. The number of hydrogen-bond acceptors (Lipinski definition) is 4. The zero-order valence-electron chi connectivity index (χ0n) is 8.72. The highest BCUT2D eigenvalue weighted by Gasteiger charge is 2.45. The molecule has 0 spiro atoms. The van der Waals surface area contributed by atoms with Crippen LogP contribution < -0.4 is 5.32 Å². The first-order valence-electron chi connectivity index (χ1n) is 4.85. The summed E-state index contributed by atoms with van der Waals surface area (Å²) in [4.78, 5) is 33.2. The first kappa shape index (κ1) is 12.8. The molecule has 2 amide bonds. The van der Waals surface area contributed by atoms with E-state index >= 15 is 0 Å². The fraction of sp³-hybridized carbons (Fsp3) is 0.200. The van der Waals surface area contributed by atoms with Gasteiger partial charge >= 0.3 is 0 Å². The van der Waals surface area contributed by atoms with Crippen LogP contribution in [-0.2, 0) is 9.59 Å². The van der Waals surface area contributed by atoms with Crippen LogP contribution in [0.15, 0.2) is 18.2 Å². The first-order valence-corrected chi connectivity index (χ1v) is 5.66. The smallest absolute Gasteiger partial charge is 0.274 e. The molecule has 1 aromatic rings. The van der Waals surface area contributed by atoms with Crippen LogP contribution in [0.4, 0.5) is 5.69 Å². The van der Waals surface area contributed by atoms with E-state index in [0.29, 0.717) is 0 Å². The van der Waals surface area contributed by atoms with E-state index in [4.69, 9.17) is 23.2 Å². The molecular formula is C10H6Cl2N2O4. The highest BCUT2D eigenvalue weighted by molar-refractivity contribution is 6.38. The Morgan fingerprint density at radius 1 is 1.28 bits per heavy atom. The number of halogens is 2. The molecule has 0 radical (unpaired) electrons. The minimum atomic E-state index is -1.20. The molecule has 1 saturated heterocycles. The molecule has 2 unspecified atom stereocenters. The van der Waals surface area contributed by atoms with E-state index in [2.05, 4.69) is 0 Å². The van der Waals surface area contributed by atoms with E-state index in [1.165, 1.54) is 18.2 Å². The molecule has 18 heavy (non-hydrogen) atoms. The van der Waals surface area contributed by atoms with Crippen molar-refractivity contribution in [3.8, 4) is 0 Å². The second kappa shape index (κ2) is 4.55. The van der Waals surface area contributed by atoms with Crippen molar-refractivity contribution in [2.45, 2.75) is 11.3 Å². The molecule has 1 fully saturated rings. The number of nitro groups is 1. The summed E-state index contributed by atoms with van der Waals surface area (Å²) >= 11 is 11.7. The summed E-state index contributed by atoms with van der Waals surface area (Å²) in [6.07, 6.45) is 0. The number of hydrogen-bond donors (Lipinski definition) is 1. The molecule has 8 heteroatoms. The molecule has 0 aromatic heterocycles. The van der Waals surface area contributed by atoms with Crippen molar-refractivity contribution in [2.75, 3.05) is 0 Å². The molecule has 0 saturated carbocycles. The van der Waals surface area contributed by atoms with E-state index in [9.17, 15) is 19.7 Å². The Kier molecular flexibility index (Phi) is 3.23. The van der Waals surface area contributed by atoms with Crippen molar-refractivity contribution in [1.29, 1.82) is 0 Å². The van der Waals surface area contributed by atoms with Gasteiger partial charge in [0, 0.05) is 6.07 Å². The fourth-order valence-electron chi connectivity index (χ4n) is 1.82. The van der Waals surface area contributed by atoms with Crippen LogP contribution in [0.2, 0.25) is 5.02 Å². The van der Waals surface area contributed by atoms with E-state index in [-0.39, 0.29) is 16.3 Å². The molecular weight excluding hydrogens is 283 g/mol. The molecule has 1 heterocycles. The zero-order chi connectivity index (χ0) is 13.4. The normalized spacial score (nSPS) is 23.0. The number of rotatable bonds is 2. The molecule has 1 aromatic carbocycles. The molecule has 0 bridgehead atoms. The molecule has 1 aliphatic heterocycles. The quantitative estimate of drug-likeness (QED) is 0.387. The number of nitrogens with zero attached hydrogens (tertiary/aromatic N) is 1. The SMILES string of the molecule is O=C1NC(=O)C(c2c(Cl)cccc2[N+](=O)[O-])C1Cl. The van der Waals surface area contributed by atoms with Crippen LogP contribution in [-0.4, -0.2) is 22.1 Å². The van der Waals surface area contributed by atoms with Gasteiger partial charge in [0.1, 0.15) is 5.38 Å².